The molecule has 0 unspecified atom stereocenters. The van der Waals surface area contributed by atoms with E-state index in [1.54, 1.807) is 19.1 Å². The molecule has 152 valence electrons. The Morgan fingerprint density at radius 3 is 2.54 bits per heavy atom. The quantitative estimate of drug-likeness (QED) is 0.476. The van der Waals surface area contributed by atoms with Crippen molar-refractivity contribution in [1.82, 2.24) is 5.32 Å². The van der Waals surface area contributed by atoms with E-state index in [9.17, 15) is 19.5 Å². The van der Waals surface area contributed by atoms with Crippen LogP contribution in [0.25, 0.3) is 11.0 Å². The van der Waals surface area contributed by atoms with Gasteiger partial charge in [0, 0.05) is 24.6 Å². The number of unbranched alkanes of at least 4 members (excludes halogenated alkanes) is 2. The number of fused-ring (bicyclic) bond motifs is 1. The van der Waals surface area contributed by atoms with Crippen molar-refractivity contribution in [3.63, 3.8) is 0 Å². The minimum atomic E-state index is -1.07. The first-order valence-electron chi connectivity index (χ1n) is 9.02. The van der Waals surface area contributed by atoms with Crippen LogP contribution in [0.5, 0.6) is 11.5 Å². The van der Waals surface area contributed by atoms with Gasteiger partial charge < -0.3 is 29.1 Å². The highest BCUT2D eigenvalue weighted by Crippen LogP contribution is 2.33. The van der Waals surface area contributed by atoms with Crippen LogP contribution in [-0.4, -0.2) is 32.6 Å². The summed E-state index contributed by atoms with van der Waals surface area (Å²) in [6.07, 6.45) is 1.73. The number of aryl methyl sites for hydroxylation is 1. The van der Waals surface area contributed by atoms with Gasteiger partial charge in [-0.15, -0.1) is 0 Å². The number of nitrogens with one attached hydrogen (secondary N) is 1. The molecule has 0 aliphatic carbocycles. The summed E-state index contributed by atoms with van der Waals surface area (Å²) >= 11 is 0. The standard InChI is InChI=1S/C20H25NO7/c1-12-14(11-17(22)21-8-6-4-5-7-18(23)24)20(25)28-16-10-13(26-2)9-15(27-3)19(12)16/h9-10H,4-8,11H2,1-3H3,(H,21,22)(H,23,24)/p-1. The molecule has 2 rings (SSSR count). The molecule has 8 heteroatoms. The number of carboxylic acids is 1. The first-order chi connectivity index (χ1) is 13.4. The topological polar surface area (TPSA) is 118 Å². The molecule has 0 spiro atoms. The Morgan fingerprint density at radius 1 is 1.14 bits per heavy atom. The first-order valence-corrected chi connectivity index (χ1v) is 9.02. The molecular weight excluding hydrogens is 366 g/mol. The summed E-state index contributed by atoms with van der Waals surface area (Å²) in [6, 6.07) is 3.29. The van der Waals surface area contributed by atoms with Crippen LogP contribution in [0.15, 0.2) is 21.3 Å². The van der Waals surface area contributed by atoms with Gasteiger partial charge >= 0.3 is 5.63 Å². The molecule has 8 nitrogen and oxygen atoms in total. The zero-order valence-electron chi connectivity index (χ0n) is 16.3. The Hall–Kier alpha value is -3.03. The predicted molar refractivity (Wildman–Crippen MR) is 101 cm³/mol. The molecule has 1 heterocycles. The molecule has 28 heavy (non-hydrogen) atoms. The number of carbonyl (C=O) groups excluding carboxylic acids is 2. The molecule has 2 aromatic rings. The van der Waals surface area contributed by atoms with Gasteiger partial charge in [-0.1, -0.05) is 6.42 Å². The number of hydrogen-bond acceptors (Lipinski definition) is 7. The van der Waals surface area contributed by atoms with Gasteiger partial charge in [0.05, 0.1) is 31.6 Å². The summed E-state index contributed by atoms with van der Waals surface area (Å²) in [4.78, 5) is 34.9. The van der Waals surface area contributed by atoms with E-state index >= 15 is 0 Å². The molecule has 1 aromatic carbocycles. The maximum atomic E-state index is 12.4. The van der Waals surface area contributed by atoms with Crippen molar-refractivity contribution < 1.29 is 28.6 Å². The highest BCUT2D eigenvalue weighted by atomic mass is 16.5. The molecule has 0 atom stereocenters. The van der Waals surface area contributed by atoms with E-state index in [2.05, 4.69) is 5.32 Å². The van der Waals surface area contributed by atoms with E-state index in [1.165, 1.54) is 14.2 Å². The fraction of sp³-hybridized carbons (Fsp3) is 0.450. The normalized spacial score (nSPS) is 10.7. The molecule has 0 saturated heterocycles. The monoisotopic (exact) mass is 390 g/mol. The van der Waals surface area contributed by atoms with Gasteiger partial charge in [0.25, 0.3) is 0 Å². The van der Waals surface area contributed by atoms with Crippen molar-refractivity contribution in [2.75, 3.05) is 20.8 Å². The number of methoxy groups -OCH3 is 2. The van der Waals surface area contributed by atoms with Gasteiger partial charge in [-0.2, -0.15) is 0 Å². The number of benzene rings is 1. The summed E-state index contributed by atoms with van der Waals surface area (Å²) in [5.74, 6) is -0.390. The zero-order chi connectivity index (χ0) is 20.7. The average molecular weight is 390 g/mol. The molecular formula is C20H24NO7-. The number of aliphatic carboxylic acids is 1. The fourth-order valence-corrected chi connectivity index (χ4v) is 2.99. The third kappa shape index (κ3) is 5.25. The molecule has 0 aliphatic rings. The smallest absolute Gasteiger partial charge is 0.340 e. The van der Waals surface area contributed by atoms with Crippen LogP contribution in [0.4, 0.5) is 0 Å². The molecule has 1 amide bonds. The molecule has 0 saturated carbocycles. The largest absolute Gasteiger partial charge is 0.550 e. The zero-order valence-corrected chi connectivity index (χ0v) is 16.3. The van der Waals surface area contributed by atoms with Crippen LogP contribution in [-0.2, 0) is 16.0 Å². The van der Waals surface area contributed by atoms with Gasteiger partial charge in [-0.25, -0.2) is 4.79 Å². The van der Waals surface area contributed by atoms with Crippen molar-refractivity contribution in [3.8, 4) is 11.5 Å². The number of amides is 1. The maximum Gasteiger partial charge on any atom is 0.340 e. The Bertz CT molecular complexity index is 917. The van der Waals surface area contributed by atoms with Crippen LogP contribution in [0.2, 0.25) is 0 Å². The molecule has 0 aliphatic heterocycles. The maximum absolute atomic E-state index is 12.4. The molecule has 1 aromatic heterocycles. The third-order valence-corrected chi connectivity index (χ3v) is 4.49. The Balaban J connectivity index is 2.11. The average Bonchev–Trinajstić information content (AvgIpc) is 2.66. The lowest BCUT2D eigenvalue weighted by Gasteiger charge is -2.12. The number of rotatable bonds is 10. The second-order valence-corrected chi connectivity index (χ2v) is 6.41. The molecule has 0 radical (unpaired) electrons. The summed E-state index contributed by atoms with van der Waals surface area (Å²) in [7, 11) is 3.01. The SMILES string of the molecule is COc1cc(OC)c2c(C)c(CC(=O)NCCCCCC(=O)[O-])c(=O)oc2c1. The first kappa shape index (κ1) is 21.3. The van der Waals surface area contributed by atoms with Crippen molar-refractivity contribution in [3.05, 3.63) is 33.7 Å². The van der Waals surface area contributed by atoms with Crippen LogP contribution in [0.1, 0.15) is 36.8 Å². The van der Waals surface area contributed by atoms with Gasteiger partial charge in [0.2, 0.25) is 5.91 Å². The van der Waals surface area contributed by atoms with Gasteiger partial charge in [-0.3, -0.25) is 4.79 Å². The number of ether oxygens (including phenoxy) is 2. The minimum absolute atomic E-state index is 0.0118. The van der Waals surface area contributed by atoms with Crippen LogP contribution < -0.4 is 25.5 Å². The van der Waals surface area contributed by atoms with E-state index in [0.717, 1.165) is 0 Å². The lowest BCUT2D eigenvalue weighted by Crippen LogP contribution is -2.28. The predicted octanol–water partition coefficient (Wildman–Crippen LogP) is 1.09. The van der Waals surface area contributed by atoms with E-state index in [0.29, 0.717) is 53.8 Å². The van der Waals surface area contributed by atoms with E-state index in [-0.39, 0.29) is 24.3 Å². The van der Waals surface area contributed by atoms with Gasteiger partial charge in [0.1, 0.15) is 17.1 Å². The highest BCUT2D eigenvalue weighted by Gasteiger charge is 2.18. The van der Waals surface area contributed by atoms with Crippen molar-refractivity contribution >= 4 is 22.8 Å². The summed E-state index contributed by atoms with van der Waals surface area (Å²) in [5.41, 5.74) is 0.639. The lowest BCUT2D eigenvalue weighted by molar-refractivity contribution is -0.305. The van der Waals surface area contributed by atoms with E-state index in [4.69, 9.17) is 13.9 Å². The molecule has 0 bridgehead atoms. The number of hydrogen-bond donors (Lipinski definition) is 1. The van der Waals surface area contributed by atoms with Crippen LogP contribution >= 0.6 is 0 Å². The Labute approximate surface area is 162 Å². The second kappa shape index (κ2) is 9.77. The lowest BCUT2D eigenvalue weighted by atomic mass is 10.0. The third-order valence-electron chi connectivity index (χ3n) is 4.49. The highest BCUT2D eigenvalue weighted by molar-refractivity contribution is 5.90. The molecule has 0 fully saturated rings. The Morgan fingerprint density at radius 2 is 1.89 bits per heavy atom. The van der Waals surface area contributed by atoms with Crippen molar-refractivity contribution in [1.29, 1.82) is 0 Å². The molecule has 1 N–H and O–H groups in total. The van der Waals surface area contributed by atoms with E-state index < -0.39 is 11.6 Å². The van der Waals surface area contributed by atoms with Crippen molar-refractivity contribution in [2.45, 2.75) is 39.0 Å². The minimum Gasteiger partial charge on any atom is -0.550 e. The summed E-state index contributed by atoms with van der Waals surface area (Å²) < 4.78 is 15.9. The summed E-state index contributed by atoms with van der Waals surface area (Å²) in [6.45, 7) is 2.15. The van der Waals surface area contributed by atoms with Crippen LogP contribution in [0.3, 0.4) is 0 Å². The second-order valence-electron chi connectivity index (χ2n) is 6.41. The van der Waals surface area contributed by atoms with Gasteiger partial charge in [-0.05, 0) is 31.7 Å². The van der Waals surface area contributed by atoms with Crippen LogP contribution in [0, 0.1) is 6.92 Å². The number of carboxylic acid groups (broad SMARTS) is 1. The van der Waals surface area contributed by atoms with E-state index in [1.807, 2.05) is 0 Å². The fourth-order valence-electron chi connectivity index (χ4n) is 2.99. The summed E-state index contributed by atoms with van der Waals surface area (Å²) in [5, 5.41) is 13.7. The van der Waals surface area contributed by atoms with Crippen molar-refractivity contribution in [2.24, 2.45) is 0 Å². The number of carbonyl (C=O) groups is 2. The Kier molecular flexibility index (Phi) is 7.43. The van der Waals surface area contributed by atoms with Gasteiger partial charge in [0.15, 0.2) is 0 Å².